The van der Waals surface area contributed by atoms with Gasteiger partial charge in [0.2, 0.25) is 0 Å². The molecule has 2 N–H and O–H groups in total. The average molecular weight is 327 g/mol. The van der Waals surface area contributed by atoms with Crippen molar-refractivity contribution in [1.29, 1.82) is 0 Å². The minimum absolute atomic E-state index is 0.0100. The Hall–Kier alpha value is -1.78. The number of nitrogen functional groups attached to an aromatic ring is 1. The van der Waals surface area contributed by atoms with Crippen molar-refractivity contribution < 1.29 is 9.18 Å². The number of carbonyl (C=O) groups excluding carboxylic acids is 1. The summed E-state index contributed by atoms with van der Waals surface area (Å²) in [5, 5.41) is 0.994. The summed E-state index contributed by atoms with van der Waals surface area (Å²) in [5.74, 6) is -0.926. The van der Waals surface area contributed by atoms with Gasteiger partial charge in [0.25, 0.3) is 5.91 Å². The van der Waals surface area contributed by atoms with Crippen LogP contribution in [0.15, 0.2) is 36.4 Å². The van der Waals surface area contributed by atoms with Crippen LogP contribution < -0.4 is 5.73 Å². The summed E-state index contributed by atoms with van der Waals surface area (Å²) in [6, 6.07) is 9.04. The lowest BCUT2D eigenvalue weighted by Gasteiger charge is -2.18. The topological polar surface area (TPSA) is 46.3 Å². The van der Waals surface area contributed by atoms with Crippen LogP contribution in [0.1, 0.15) is 15.9 Å². The van der Waals surface area contributed by atoms with Crippen LogP contribution >= 0.6 is 23.2 Å². The van der Waals surface area contributed by atoms with Crippen LogP contribution in [0.2, 0.25) is 10.0 Å². The number of nitrogens with two attached hydrogens (primary N) is 1. The van der Waals surface area contributed by atoms with E-state index in [1.54, 1.807) is 25.2 Å². The Morgan fingerprint density at radius 3 is 2.38 bits per heavy atom. The van der Waals surface area contributed by atoms with E-state index >= 15 is 0 Å². The van der Waals surface area contributed by atoms with Gasteiger partial charge < -0.3 is 10.6 Å². The van der Waals surface area contributed by atoms with Gasteiger partial charge in [-0.05, 0) is 42.0 Å². The monoisotopic (exact) mass is 326 g/mol. The van der Waals surface area contributed by atoms with Crippen molar-refractivity contribution in [2.24, 2.45) is 0 Å². The number of benzene rings is 2. The Morgan fingerprint density at radius 1 is 1.19 bits per heavy atom. The predicted octanol–water partition coefficient (Wildman–Crippen LogP) is 3.99. The molecule has 1 amide bonds. The van der Waals surface area contributed by atoms with Crippen molar-refractivity contribution >= 4 is 34.8 Å². The lowest BCUT2D eigenvalue weighted by atomic mass is 10.1. The molecule has 3 nitrogen and oxygen atoms in total. The second-order valence-corrected chi connectivity index (χ2v) is 5.55. The van der Waals surface area contributed by atoms with Gasteiger partial charge in [0.1, 0.15) is 5.82 Å². The first-order valence-corrected chi connectivity index (χ1v) is 6.88. The fraction of sp³-hybridized carbons (Fsp3) is 0.133. The lowest BCUT2D eigenvalue weighted by Crippen LogP contribution is -2.26. The quantitative estimate of drug-likeness (QED) is 0.867. The Labute approximate surface area is 132 Å². The van der Waals surface area contributed by atoms with Crippen LogP contribution in [-0.4, -0.2) is 17.9 Å². The molecule has 0 spiro atoms. The zero-order valence-electron chi connectivity index (χ0n) is 11.2. The number of carbonyl (C=O) groups is 1. The van der Waals surface area contributed by atoms with E-state index in [-0.39, 0.29) is 17.2 Å². The molecule has 0 radical (unpaired) electrons. The molecule has 0 heterocycles. The maximum Gasteiger partial charge on any atom is 0.254 e. The molecule has 0 fully saturated rings. The first kappa shape index (κ1) is 15.6. The molecule has 0 bridgehead atoms. The molecule has 2 rings (SSSR count). The number of hydrogen-bond acceptors (Lipinski definition) is 2. The van der Waals surface area contributed by atoms with Gasteiger partial charge in [0, 0.05) is 29.2 Å². The summed E-state index contributed by atoms with van der Waals surface area (Å²) in [6.45, 7) is 0.311. The molecule has 2 aromatic rings. The summed E-state index contributed by atoms with van der Waals surface area (Å²) in [5.41, 5.74) is 6.43. The molecule has 0 saturated heterocycles. The third kappa shape index (κ3) is 3.86. The fourth-order valence-electron chi connectivity index (χ4n) is 1.93. The minimum atomic E-state index is -0.611. The highest BCUT2D eigenvalue weighted by Crippen LogP contribution is 2.21. The van der Waals surface area contributed by atoms with Gasteiger partial charge in [-0.1, -0.05) is 23.2 Å². The summed E-state index contributed by atoms with van der Waals surface area (Å²) in [4.78, 5) is 13.7. The summed E-state index contributed by atoms with van der Waals surface area (Å²) in [7, 11) is 1.62. The average Bonchev–Trinajstić information content (AvgIpc) is 2.39. The van der Waals surface area contributed by atoms with Crippen molar-refractivity contribution in [3.8, 4) is 0 Å². The predicted molar refractivity (Wildman–Crippen MR) is 83.1 cm³/mol. The molecule has 0 aliphatic rings. The highest BCUT2D eigenvalue weighted by atomic mass is 35.5. The summed E-state index contributed by atoms with van der Waals surface area (Å²) >= 11 is 11.8. The van der Waals surface area contributed by atoms with Gasteiger partial charge in [-0.25, -0.2) is 4.39 Å². The van der Waals surface area contributed by atoms with Crippen LogP contribution in [-0.2, 0) is 6.54 Å². The molecule has 0 aliphatic heterocycles. The third-order valence-electron chi connectivity index (χ3n) is 2.94. The van der Waals surface area contributed by atoms with Gasteiger partial charge in [-0.3, -0.25) is 4.79 Å². The normalized spacial score (nSPS) is 10.5. The van der Waals surface area contributed by atoms with E-state index < -0.39 is 5.82 Å². The lowest BCUT2D eigenvalue weighted by molar-refractivity contribution is 0.0784. The molecule has 0 saturated carbocycles. The largest absolute Gasteiger partial charge is 0.396 e. The Kier molecular flexibility index (Phi) is 4.70. The Balaban J connectivity index is 2.17. The van der Waals surface area contributed by atoms with E-state index in [0.29, 0.717) is 16.6 Å². The first-order chi connectivity index (χ1) is 9.86. The van der Waals surface area contributed by atoms with Crippen molar-refractivity contribution in [3.63, 3.8) is 0 Å². The zero-order valence-corrected chi connectivity index (χ0v) is 12.7. The molecule has 0 unspecified atom stereocenters. The standard InChI is InChI=1S/C15H13Cl2FN2O/c1-20(8-9-4-11(16)7-12(17)5-9)15(21)10-2-3-14(19)13(18)6-10/h2-7H,8,19H2,1H3. The van der Waals surface area contributed by atoms with Crippen molar-refractivity contribution in [1.82, 2.24) is 4.90 Å². The number of anilines is 1. The second-order valence-electron chi connectivity index (χ2n) is 4.68. The van der Waals surface area contributed by atoms with Crippen molar-refractivity contribution in [2.75, 3.05) is 12.8 Å². The number of nitrogens with zero attached hydrogens (tertiary/aromatic N) is 1. The van der Waals surface area contributed by atoms with E-state index in [2.05, 4.69) is 0 Å². The minimum Gasteiger partial charge on any atom is -0.396 e. The molecule has 6 heteroatoms. The maximum atomic E-state index is 13.4. The maximum absolute atomic E-state index is 13.4. The number of halogens is 3. The molecule has 0 atom stereocenters. The van der Waals surface area contributed by atoms with Crippen molar-refractivity contribution in [3.05, 3.63) is 63.4 Å². The van der Waals surface area contributed by atoms with Gasteiger partial charge in [-0.2, -0.15) is 0 Å². The smallest absolute Gasteiger partial charge is 0.254 e. The van der Waals surface area contributed by atoms with Crippen molar-refractivity contribution in [2.45, 2.75) is 6.54 Å². The van der Waals surface area contributed by atoms with Gasteiger partial charge in [-0.15, -0.1) is 0 Å². The first-order valence-electron chi connectivity index (χ1n) is 6.12. The van der Waals surface area contributed by atoms with E-state index in [9.17, 15) is 9.18 Å². The van der Waals surface area contributed by atoms with E-state index in [0.717, 1.165) is 11.6 Å². The van der Waals surface area contributed by atoms with Crippen LogP contribution in [0.5, 0.6) is 0 Å². The van der Waals surface area contributed by atoms with Gasteiger partial charge in [0.05, 0.1) is 5.69 Å². The molecule has 110 valence electrons. The summed E-state index contributed by atoms with van der Waals surface area (Å²) in [6.07, 6.45) is 0. The van der Waals surface area contributed by atoms with Crippen LogP contribution in [0.25, 0.3) is 0 Å². The SMILES string of the molecule is CN(Cc1cc(Cl)cc(Cl)c1)C(=O)c1ccc(N)c(F)c1. The summed E-state index contributed by atoms with van der Waals surface area (Å²) < 4.78 is 13.4. The van der Waals surface area contributed by atoms with E-state index in [1.165, 1.54) is 17.0 Å². The number of amides is 1. The van der Waals surface area contributed by atoms with Crippen LogP contribution in [0, 0.1) is 5.82 Å². The molecule has 0 aliphatic carbocycles. The van der Waals surface area contributed by atoms with Gasteiger partial charge in [0.15, 0.2) is 0 Å². The zero-order chi connectivity index (χ0) is 15.6. The molecule has 2 aromatic carbocycles. The highest BCUT2D eigenvalue weighted by molar-refractivity contribution is 6.34. The third-order valence-corrected chi connectivity index (χ3v) is 3.37. The molecular formula is C15H13Cl2FN2O. The molecule has 0 aromatic heterocycles. The van der Waals surface area contributed by atoms with E-state index in [4.69, 9.17) is 28.9 Å². The Morgan fingerprint density at radius 2 is 1.81 bits per heavy atom. The van der Waals surface area contributed by atoms with Gasteiger partial charge >= 0.3 is 0 Å². The number of rotatable bonds is 3. The molecular weight excluding hydrogens is 314 g/mol. The fourth-order valence-corrected chi connectivity index (χ4v) is 2.50. The number of hydrogen-bond donors (Lipinski definition) is 1. The second kappa shape index (κ2) is 6.33. The Bertz CT molecular complexity index is 671. The van der Waals surface area contributed by atoms with Crippen LogP contribution in [0.3, 0.4) is 0 Å². The molecule has 21 heavy (non-hydrogen) atoms. The van der Waals surface area contributed by atoms with Crippen LogP contribution in [0.4, 0.5) is 10.1 Å². The highest BCUT2D eigenvalue weighted by Gasteiger charge is 2.14. The van der Waals surface area contributed by atoms with E-state index in [1.807, 2.05) is 0 Å².